The Kier molecular flexibility index (Phi) is 4.23. The topological polar surface area (TPSA) is 30.7 Å². The molecule has 0 unspecified atom stereocenters. The van der Waals surface area contributed by atoms with E-state index >= 15 is 0 Å². The molecule has 0 N–H and O–H groups in total. The summed E-state index contributed by atoms with van der Waals surface area (Å²) in [6.07, 6.45) is 3.55. The molecular weight excluding hydrogens is 450 g/mol. The zero-order chi connectivity index (χ0) is 24.3. The highest BCUT2D eigenvalue weighted by Crippen LogP contribution is 2.39. The Labute approximate surface area is 213 Å². The second-order valence-corrected chi connectivity index (χ2v) is 9.45. The number of benzene rings is 6. The predicted molar refractivity (Wildman–Crippen MR) is 154 cm³/mol. The molecule has 3 nitrogen and oxygen atoms in total. The smallest absolute Gasteiger partial charge is 0.0971 e. The molecule has 2 heterocycles. The Morgan fingerprint density at radius 1 is 0.432 bits per heavy atom. The molecule has 0 fully saturated rings. The first-order chi connectivity index (χ1) is 18.4. The van der Waals surface area contributed by atoms with E-state index in [-0.39, 0.29) is 0 Å². The Morgan fingerprint density at radius 2 is 0.973 bits per heavy atom. The van der Waals surface area contributed by atoms with E-state index in [1.165, 1.54) is 49.4 Å². The summed E-state index contributed by atoms with van der Waals surface area (Å²) in [7, 11) is 0. The van der Waals surface area contributed by atoms with Crippen molar-refractivity contribution in [2.45, 2.75) is 0 Å². The second-order valence-electron chi connectivity index (χ2n) is 9.45. The summed E-state index contributed by atoms with van der Waals surface area (Å²) in [6, 6.07) is 41.3. The molecule has 0 spiro atoms. The molecule has 0 aliphatic carbocycles. The second kappa shape index (κ2) is 7.74. The normalized spacial score (nSPS) is 11.8. The molecule has 3 heteroatoms. The lowest BCUT2D eigenvalue weighted by atomic mass is 9.95. The summed E-state index contributed by atoms with van der Waals surface area (Å²) in [4.78, 5) is 9.40. The minimum Gasteiger partial charge on any atom is -0.309 e. The molecule has 0 bridgehead atoms. The average Bonchev–Trinajstić information content (AvgIpc) is 3.31. The van der Waals surface area contributed by atoms with Crippen molar-refractivity contribution in [3.8, 4) is 16.8 Å². The van der Waals surface area contributed by atoms with Crippen molar-refractivity contribution >= 4 is 54.4 Å². The van der Waals surface area contributed by atoms with Crippen molar-refractivity contribution < 1.29 is 0 Å². The molecule has 2 aromatic heterocycles. The van der Waals surface area contributed by atoms with Gasteiger partial charge in [-0.15, -0.1) is 0 Å². The summed E-state index contributed by atoms with van der Waals surface area (Å²) in [6.45, 7) is 0. The van der Waals surface area contributed by atoms with Crippen LogP contribution in [0.25, 0.3) is 71.2 Å². The zero-order valence-corrected chi connectivity index (χ0v) is 20.0. The summed E-state index contributed by atoms with van der Waals surface area (Å²) in [5.74, 6) is 0. The molecule has 0 saturated heterocycles. The average molecular weight is 472 g/mol. The third-order valence-corrected chi connectivity index (χ3v) is 7.48. The Morgan fingerprint density at radius 3 is 1.68 bits per heavy atom. The molecule has 0 saturated carbocycles. The maximum absolute atomic E-state index is 4.72. The van der Waals surface area contributed by atoms with Gasteiger partial charge in [-0.05, 0) is 40.6 Å². The number of nitrogens with zero attached hydrogens (tertiary/aromatic N) is 3. The lowest BCUT2D eigenvalue weighted by Gasteiger charge is -2.15. The summed E-state index contributed by atoms with van der Waals surface area (Å²) >= 11 is 0. The lowest BCUT2D eigenvalue weighted by molar-refractivity contribution is 1.18. The van der Waals surface area contributed by atoms with E-state index < -0.39 is 0 Å². The van der Waals surface area contributed by atoms with Crippen molar-refractivity contribution in [1.82, 2.24) is 14.5 Å². The van der Waals surface area contributed by atoms with Gasteiger partial charge in [0, 0.05) is 39.5 Å². The Balaban J connectivity index is 1.46. The molecule has 37 heavy (non-hydrogen) atoms. The Hall–Kier alpha value is -5.02. The molecule has 8 aromatic rings. The van der Waals surface area contributed by atoms with Gasteiger partial charge in [0.15, 0.2) is 0 Å². The molecule has 0 amide bonds. The van der Waals surface area contributed by atoms with Crippen molar-refractivity contribution in [2.75, 3.05) is 0 Å². The zero-order valence-electron chi connectivity index (χ0n) is 20.0. The van der Waals surface area contributed by atoms with Gasteiger partial charge in [0.25, 0.3) is 0 Å². The summed E-state index contributed by atoms with van der Waals surface area (Å²) in [5, 5.41) is 7.18. The van der Waals surface area contributed by atoms with Gasteiger partial charge in [0.05, 0.1) is 27.8 Å². The number of hydrogen-bond acceptors (Lipinski definition) is 2. The third-order valence-electron chi connectivity index (χ3n) is 7.48. The van der Waals surface area contributed by atoms with Gasteiger partial charge in [-0.2, -0.15) is 0 Å². The molecule has 0 aliphatic rings. The van der Waals surface area contributed by atoms with Crippen LogP contribution in [0.5, 0.6) is 0 Å². The maximum Gasteiger partial charge on any atom is 0.0971 e. The Bertz CT molecular complexity index is 2060. The highest BCUT2D eigenvalue weighted by molar-refractivity contribution is 6.23. The van der Waals surface area contributed by atoms with Crippen LogP contribution in [-0.4, -0.2) is 14.5 Å². The van der Waals surface area contributed by atoms with E-state index in [1.807, 2.05) is 0 Å². The van der Waals surface area contributed by atoms with E-state index in [4.69, 9.17) is 4.98 Å². The molecule has 8 rings (SSSR count). The molecular formula is C34H21N3. The van der Waals surface area contributed by atoms with Crippen LogP contribution in [0.2, 0.25) is 0 Å². The molecule has 0 atom stereocenters. The van der Waals surface area contributed by atoms with E-state index in [1.54, 1.807) is 12.4 Å². The van der Waals surface area contributed by atoms with Crippen molar-refractivity contribution in [3.63, 3.8) is 0 Å². The molecule has 0 radical (unpaired) electrons. The van der Waals surface area contributed by atoms with Gasteiger partial charge >= 0.3 is 0 Å². The van der Waals surface area contributed by atoms with E-state index in [0.29, 0.717) is 0 Å². The number of para-hydroxylation sites is 3. The summed E-state index contributed by atoms with van der Waals surface area (Å²) < 4.78 is 2.40. The largest absolute Gasteiger partial charge is 0.309 e. The van der Waals surface area contributed by atoms with Gasteiger partial charge in [0.1, 0.15) is 0 Å². The minimum absolute atomic E-state index is 0.943. The molecule has 172 valence electrons. The first-order valence-corrected chi connectivity index (χ1v) is 12.5. The fraction of sp³-hybridized carbons (Fsp3) is 0. The van der Waals surface area contributed by atoms with Crippen LogP contribution in [0.4, 0.5) is 0 Å². The summed E-state index contributed by atoms with van der Waals surface area (Å²) in [5.41, 5.74) is 7.86. The van der Waals surface area contributed by atoms with Crippen LogP contribution in [0, 0.1) is 0 Å². The SMILES string of the molecule is c1ccc(-n2c3ccccc3c3ccccc32)c(-c2ccc3c(c2)c2ccccc2c2nccnc32)c1. The van der Waals surface area contributed by atoms with Crippen LogP contribution in [0.3, 0.4) is 0 Å². The molecule has 0 aliphatic heterocycles. The number of rotatable bonds is 2. The van der Waals surface area contributed by atoms with Crippen LogP contribution in [0.1, 0.15) is 0 Å². The fourth-order valence-corrected chi connectivity index (χ4v) is 5.89. The minimum atomic E-state index is 0.943. The van der Waals surface area contributed by atoms with E-state index in [9.17, 15) is 0 Å². The van der Waals surface area contributed by atoms with Crippen LogP contribution < -0.4 is 0 Å². The first-order valence-electron chi connectivity index (χ1n) is 12.5. The van der Waals surface area contributed by atoms with Crippen LogP contribution >= 0.6 is 0 Å². The fourth-order valence-electron chi connectivity index (χ4n) is 5.89. The van der Waals surface area contributed by atoms with Crippen molar-refractivity contribution in [1.29, 1.82) is 0 Å². The van der Waals surface area contributed by atoms with Crippen LogP contribution in [-0.2, 0) is 0 Å². The van der Waals surface area contributed by atoms with Gasteiger partial charge in [-0.3, -0.25) is 9.97 Å². The maximum atomic E-state index is 4.72. The van der Waals surface area contributed by atoms with Gasteiger partial charge < -0.3 is 4.57 Å². The third kappa shape index (κ3) is 2.88. The highest BCUT2D eigenvalue weighted by atomic mass is 15.0. The number of fused-ring (bicyclic) bond motifs is 9. The number of aromatic nitrogens is 3. The van der Waals surface area contributed by atoms with Crippen LogP contribution in [0.15, 0.2) is 128 Å². The monoisotopic (exact) mass is 471 g/mol. The predicted octanol–water partition coefficient (Wildman–Crippen LogP) is 8.70. The number of hydrogen-bond donors (Lipinski definition) is 0. The quantitative estimate of drug-likeness (QED) is 0.236. The lowest BCUT2D eigenvalue weighted by Crippen LogP contribution is -1.97. The van der Waals surface area contributed by atoms with Crippen molar-refractivity contribution in [3.05, 3.63) is 128 Å². The standard InChI is InChI=1S/C34H21N3/c1-2-13-27-24(10-1)29-21-22(17-18-28(29)34-33(27)35-19-20-36-34)23-9-3-6-14-30(23)37-31-15-7-4-11-25(31)26-12-5-8-16-32(26)37/h1-21H. The highest BCUT2D eigenvalue weighted by Gasteiger charge is 2.16. The van der Waals surface area contributed by atoms with Gasteiger partial charge in [-0.25, -0.2) is 0 Å². The van der Waals surface area contributed by atoms with Gasteiger partial charge in [0.2, 0.25) is 0 Å². The van der Waals surface area contributed by atoms with Crippen molar-refractivity contribution in [2.24, 2.45) is 0 Å². The van der Waals surface area contributed by atoms with Gasteiger partial charge in [-0.1, -0.05) is 91.0 Å². The van der Waals surface area contributed by atoms with E-state index in [0.717, 1.165) is 21.8 Å². The first kappa shape index (κ1) is 20.2. The molecule has 6 aromatic carbocycles. The van der Waals surface area contributed by atoms with E-state index in [2.05, 4.69) is 125 Å².